The molecule has 1 N–H and O–H groups in total. The van der Waals surface area contributed by atoms with Gasteiger partial charge in [-0.05, 0) is 32.3 Å². The van der Waals surface area contributed by atoms with Crippen LogP contribution in [0, 0.1) is 0 Å². The van der Waals surface area contributed by atoms with Crippen molar-refractivity contribution in [2.24, 2.45) is 0 Å². The monoisotopic (exact) mass is 168 g/mol. The van der Waals surface area contributed by atoms with E-state index in [1.807, 2.05) is 6.08 Å². The SMILES string of the molecule is C=C[C@@](C)(O)CC/C=C(\C)C=O. The van der Waals surface area contributed by atoms with E-state index in [1.54, 1.807) is 13.8 Å². The Morgan fingerprint density at radius 3 is 2.67 bits per heavy atom. The molecule has 1 atom stereocenters. The lowest BCUT2D eigenvalue weighted by Gasteiger charge is -2.16. The number of allylic oxidation sites excluding steroid dienone is 2. The predicted molar refractivity (Wildman–Crippen MR) is 49.9 cm³/mol. The second-order valence-electron chi connectivity index (χ2n) is 3.17. The lowest BCUT2D eigenvalue weighted by molar-refractivity contribution is -0.104. The van der Waals surface area contributed by atoms with Gasteiger partial charge >= 0.3 is 0 Å². The van der Waals surface area contributed by atoms with Crippen molar-refractivity contribution in [3.8, 4) is 0 Å². The maximum atomic E-state index is 10.2. The summed E-state index contributed by atoms with van der Waals surface area (Å²) in [7, 11) is 0. The van der Waals surface area contributed by atoms with E-state index in [-0.39, 0.29) is 0 Å². The summed E-state index contributed by atoms with van der Waals surface area (Å²) in [5.41, 5.74) is -0.116. The van der Waals surface area contributed by atoms with Gasteiger partial charge < -0.3 is 5.11 Å². The molecule has 0 bridgehead atoms. The largest absolute Gasteiger partial charge is 0.386 e. The van der Waals surface area contributed by atoms with E-state index in [0.29, 0.717) is 18.4 Å². The van der Waals surface area contributed by atoms with E-state index in [9.17, 15) is 9.90 Å². The highest BCUT2D eigenvalue weighted by atomic mass is 16.3. The van der Waals surface area contributed by atoms with Crippen LogP contribution in [0.3, 0.4) is 0 Å². The molecule has 0 aromatic heterocycles. The van der Waals surface area contributed by atoms with Crippen molar-refractivity contribution >= 4 is 6.29 Å². The Bertz CT molecular complexity index is 190. The molecule has 0 fully saturated rings. The number of rotatable bonds is 5. The summed E-state index contributed by atoms with van der Waals surface area (Å²) in [4.78, 5) is 10.2. The van der Waals surface area contributed by atoms with E-state index in [4.69, 9.17) is 0 Å². The summed E-state index contributed by atoms with van der Waals surface area (Å²) in [6, 6.07) is 0. The summed E-state index contributed by atoms with van der Waals surface area (Å²) in [5, 5.41) is 9.47. The molecule has 0 amide bonds. The Balaban J connectivity index is 3.84. The van der Waals surface area contributed by atoms with Gasteiger partial charge in [-0.25, -0.2) is 0 Å². The third-order valence-corrected chi connectivity index (χ3v) is 1.74. The first-order valence-corrected chi connectivity index (χ1v) is 4.00. The van der Waals surface area contributed by atoms with E-state index in [2.05, 4.69) is 6.58 Å². The van der Waals surface area contributed by atoms with Gasteiger partial charge in [-0.3, -0.25) is 4.79 Å². The van der Waals surface area contributed by atoms with Gasteiger partial charge in [0.1, 0.15) is 6.29 Å². The van der Waals surface area contributed by atoms with E-state index >= 15 is 0 Å². The molecule has 0 saturated carbocycles. The number of aliphatic hydroxyl groups is 1. The second kappa shape index (κ2) is 4.88. The number of hydrogen-bond acceptors (Lipinski definition) is 2. The summed E-state index contributed by atoms with van der Waals surface area (Å²) in [6.45, 7) is 6.95. The molecular formula is C10H16O2. The number of aldehydes is 1. The van der Waals surface area contributed by atoms with Gasteiger partial charge in [-0.2, -0.15) is 0 Å². The Hall–Kier alpha value is -0.890. The van der Waals surface area contributed by atoms with Crippen molar-refractivity contribution in [1.82, 2.24) is 0 Å². The van der Waals surface area contributed by atoms with E-state index < -0.39 is 5.60 Å². The van der Waals surface area contributed by atoms with Crippen LogP contribution in [0.2, 0.25) is 0 Å². The minimum absolute atomic E-state index is 0.599. The molecule has 0 aliphatic rings. The van der Waals surface area contributed by atoms with Crippen LogP contribution < -0.4 is 0 Å². The predicted octanol–water partition coefficient (Wildman–Crippen LogP) is 1.85. The van der Waals surface area contributed by atoms with Crippen molar-refractivity contribution < 1.29 is 9.90 Å². The normalized spacial score (nSPS) is 16.8. The summed E-state index contributed by atoms with van der Waals surface area (Å²) in [5.74, 6) is 0. The topological polar surface area (TPSA) is 37.3 Å². The van der Waals surface area contributed by atoms with Crippen molar-refractivity contribution in [2.45, 2.75) is 32.3 Å². The quantitative estimate of drug-likeness (QED) is 0.386. The minimum atomic E-state index is -0.820. The maximum absolute atomic E-state index is 10.2. The molecule has 0 unspecified atom stereocenters. The van der Waals surface area contributed by atoms with Crippen LogP contribution in [0.15, 0.2) is 24.3 Å². The highest BCUT2D eigenvalue weighted by Gasteiger charge is 2.12. The van der Waals surface area contributed by atoms with Crippen molar-refractivity contribution in [1.29, 1.82) is 0 Å². The van der Waals surface area contributed by atoms with E-state index in [1.165, 1.54) is 6.08 Å². The van der Waals surface area contributed by atoms with Gasteiger partial charge in [0.05, 0.1) is 5.60 Å². The molecule has 0 heterocycles. The average molecular weight is 168 g/mol. The minimum Gasteiger partial charge on any atom is -0.386 e. The summed E-state index contributed by atoms with van der Waals surface area (Å²) >= 11 is 0. The highest BCUT2D eigenvalue weighted by molar-refractivity contribution is 5.71. The van der Waals surface area contributed by atoms with Crippen LogP contribution in [-0.2, 0) is 4.79 Å². The van der Waals surface area contributed by atoms with Gasteiger partial charge in [0.2, 0.25) is 0 Å². The molecule has 0 aliphatic heterocycles. The fraction of sp³-hybridized carbons (Fsp3) is 0.500. The highest BCUT2D eigenvalue weighted by Crippen LogP contribution is 2.13. The average Bonchev–Trinajstić information content (AvgIpc) is 2.04. The Morgan fingerprint density at radius 1 is 1.67 bits per heavy atom. The zero-order valence-corrected chi connectivity index (χ0v) is 7.71. The Labute approximate surface area is 73.6 Å². The van der Waals surface area contributed by atoms with Gasteiger partial charge in [0.15, 0.2) is 0 Å². The number of hydrogen-bond donors (Lipinski definition) is 1. The molecule has 0 aliphatic carbocycles. The first kappa shape index (κ1) is 11.1. The molecular weight excluding hydrogens is 152 g/mol. The Morgan fingerprint density at radius 2 is 2.25 bits per heavy atom. The molecule has 68 valence electrons. The fourth-order valence-electron chi connectivity index (χ4n) is 0.742. The molecule has 0 saturated heterocycles. The molecule has 0 aromatic carbocycles. The first-order chi connectivity index (χ1) is 5.52. The van der Waals surface area contributed by atoms with Gasteiger partial charge in [-0.15, -0.1) is 6.58 Å². The van der Waals surface area contributed by atoms with Crippen molar-refractivity contribution in [3.05, 3.63) is 24.3 Å². The van der Waals surface area contributed by atoms with Crippen molar-refractivity contribution in [2.75, 3.05) is 0 Å². The molecule has 0 spiro atoms. The fourth-order valence-corrected chi connectivity index (χ4v) is 0.742. The smallest absolute Gasteiger partial charge is 0.145 e. The van der Waals surface area contributed by atoms with Crippen molar-refractivity contribution in [3.63, 3.8) is 0 Å². The molecule has 0 radical (unpaired) electrons. The van der Waals surface area contributed by atoms with Gasteiger partial charge in [-0.1, -0.05) is 12.2 Å². The van der Waals surface area contributed by atoms with Crippen LogP contribution in [0.4, 0.5) is 0 Å². The third-order valence-electron chi connectivity index (χ3n) is 1.74. The molecule has 0 aromatic rings. The van der Waals surface area contributed by atoms with Crippen LogP contribution in [-0.4, -0.2) is 17.0 Å². The van der Waals surface area contributed by atoms with Gasteiger partial charge in [0, 0.05) is 0 Å². The zero-order chi connectivity index (χ0) is 9.61. The molecule has 2 heteroatoms. The van der Waals surface area contributed by atoms with Crippen LogP contribution in [0.1, 0.15) is 26.7 Å². The number of carbonyl (C=O) groups is 1. The van der Waals surface area contributed by atoms with Gasteiger partial charge in [0.25, 0.3) is 0 Å². The molecule has 0 rings (SSSR count). The van der Waals surface area contributed by atoms with Crippen LogP contribution in [0.5, 0.6) is 0 Å². The lowest BCUT2D eigenvalue weighted by Crippen LogP contribution is -2.19. The maximum Gasteiger partial charge on any atom is 0.145 e. The van der Waals surface area contributed by atoms with E-state index in [0.717, 1.165) is 6.29 Å². The first-order valence-electron chi connectivity index (χ1n) is 4.00. The molecule has 2 nitrogen and oxygen atoms in total. The third kappa shape index (κ3) is 4.85. The number of carbonyl (C=O) groups excluding carboxylic acids is 1. The zero-order valence-electron chi connectivity index (χ0n) is 7.71. The summed E-state index contributed by atoms with van der Waals surface area (Å²) < 4.78 is 0. The Kier molecular flexibility index (Phi) is 4.52. The van der Waals surface area contributed by atoms with Crippen LogP contribution >= 0.6 is 0 Å². The summed E-state index contributed by atoms with van der Waals surface area (Å²) in [6.07, 6.45) is 5.43. The van der Waals surface area contributed by atoms with Crippen LogP contribution in [0.25, 0.3) is 0 Å². The standard InChI is InChI=1S/C10H16O2/c1-4-10(3,12)7-5-6-9(2)8-11/h4,6,8,12H,1,5,7H2,2-3H3/b9-6+/t10-/m1/s1. The molecule has 12 heavy (non-hydrogen) atoms. The second-order valence-corrected chi connectivity index (χ2v) is 3.17. The lowest BCUT2D eigenvalue weighted by atomic mass is 10.00.